The zero-order valence-corrected chi connectivity index (χ0v) is 14.5. The van der Waals surface area contributed by atoms with Crippen molar-refractivity contribution >= 4 is 33.4 Å². The molecular formula is C16H15F2NO4S2. The molecule has 25 heavy (non-hydrogen) atoms. The summed E-state index contributed by atoms with van der Waals surface area (Å²) in [4.78, 5) is 10.9. The zero-order valence-electron chi connectivity index (χ0n) is 12.9. The quantitative estimate of drug-likeness (QED) is 0.673. The Morgan fingerprint density at radius 3 is 2.20 bits per heavy atom. The molecule has 134 valence electrons. The van der Waals surface area contributed by atoms with Gasteiger partial charge in [0.2, 0.25) is 0 Å². The van der Waals surface area contributed by atoms with Crippen LogP contribution in [0.3, 0.4) is 0 Å². The van der Waals surface area contributed by atoms with E-state index in [2.05, 4.69) is 4.72 Å². The van der Waals surface area contributed by atoms with E-state index in [9.17, 15) is 22.0 Å². The monoisotopic (exact) mass is 387 g/mol. The minimum atomic E-state index is -3.82. The molecular weight excluding hydrogens is 372 g/mol. The van der Waals surface area contributed by atoms with Crippen molar-refractivity contribution in [3.8, 4) is 0 Å². The molecule has 0 spiro atoms. The van der Waals surface area contributed by atoms with E-state index in [1.807, 2.05) is 0 Å². The van der Waals surface area contributed by atoms with Crippen molar-refractivity contribution in [3.63, 3.8) is 0 Å². The fourth-order valence-electron chi connectivity index (χ4n) is 2.01. The average Bonchev–Trinajstić information content (AvgIpc) is 2.54. The number of halogens is 2. The third-order valence-electron chi connectivity index (χ3n) is 3.19. The van der Waals surface area contributed by atoms with Crippen LogP contribution in [-0.4, -0.2) is 25.3 Å². The number of hydrogen-bond donors (Lipinski definition) is 2. The minimum absolute atomic E-state index is 0.0256. The Bertz CT molecular complexity index is 822. The summed E-state index contributed by atoms with van der Waals surface area (Å²) in [5.41, 5.74) is 0.975. The number of rotatable bonds is 8. The molecule has 0 heterocycles. The minimum Gasteiger partial charge on any atom is -0.481 e. The van der Waals surface area contributed by atoms with Crippen LogP contribution in [0.5, 0.6) is 0 Å². The van der Waals surface area contributed by atoms with E-state index in [-0.39, 0.29) is 17.0 Å². The van der Waals surface area contributed by atoms with Gasteiger partial charge >= 0.3 is 5.97 Å². The van der Waals surface area contributed by atoms with Crippen molar-refractivity contribution in [2.24, 2.45) is 0 Å². The molecule has 0 amide bonds. The molecule has 0 saturated carbocycles. The Hall–Kier alpha value is -2.13. The van der Waals surface area contributed by atoms with Crippen LogP contribution in [0.1, 0.15) is 12.0 Å². The largest absolute Gasteiger partial charge is 0.481 e. The molecule has 0 saturated heterocycles. The van der Waals surface area contributed by atoms with Crippen LogP contribution in [-0.2, 0) is 21.2 Å². The number of carbonyl (C=O) groups is 1. The lowest BCUT2D eigenvalue weighted by Crippen LogP contribution is -2.13. The first kappa shape index (κ1) is 19.2. The van der Waals surface area contributed by atoms with Gasteiger partial charge in [-0.15, -0.1) is 0 Å². The highest BCUT2D eigenvalue weighted by Gasteiger charge is 2.14. The first-order valence-electron chi connectivity index (χ1n) is 7.15. The molecule has 5 nitrogen and oxygen atoms in total. The van der Waals surface area contributed by atoms with Gasteiger partial charge in [0.05, 0.1) is 4.90 Å². The predicted octanol–water partition coefficient (Wildman–Crippen LogP) is 3.82. The van der Waals surface area contributed by atoms with Gasteiger partial charge in [0.15, 0.2) is 0 Å². The molecule has 0 aliphatic rings. The second kappa shape index (κ2) is 8.30. The number of aliphatic carboxylic acids is 1. The Balaban J connectivity index is 2.06. The highest BCUT2D eigenvalue weighted by atomic mass is 32.2. The van der Waals surface area contributed by atoms with Gasteiger partial charge in [-0.25, -0.2) is 8.42 Å². The molecule has 0 atom stereocenters. The molecule has 0 unspecified atom stereocenters. The van der Waals surface area contributed by atoms with Crippen molar-refractivity contribution < 1.29 is 27.1 Å². The molecule has 2 aromatic carbocycles. The number of thioether (sulfide) groups is 1. The van der Waals surface area contributed by atoms with E-state index in [1.54, 1.807) is 12.1 Å². The van der Waals surface area contributed by atoms with Crippen molar-refractivity contribution in [2.45, 2.75) is 28.4 Å². The van der Waals surface area contributed by atoms with Crippen molar-refractivity contribution in [1.82, 2.24) is 0 Å². The molecule has 0 aliphatic heterocycles. The lowest BCUT2D eigenvalue weighted by molar-refractivity contribution is -0.136. The van der Waals surface area contributed by atoms with Gasteiger partial charge in [-0.1, -0.05) is 23.9 Å². The fourth-order valence-corrected chi connectivity index (χ4v) is 3.56. The topological polar surface area (TPSA) is 83.5 Å². The smallest absolute Gasteiger partial charge is 0.303 e. The summed E-state index contributed by atoms with van der Waals surface area (Å²) in [5.74, 6) is -3.46. The number of carboxylic acids is 1. The molecule has 0 fully saturated rings. The maximum absolute atomic E-state index is 12.3. The molecule has 0 bridgehead atoms. The molecule has 0 aromatic heterocycles. The maximum atomic E-state index is 12.3. The Morgan fingerprint density at radius 2 is 1.68 bits per heavy atom. The van der Waals surface area contributed by atoms with E-state index in [4.69, 9.17) is 5.11 Å². The van der Waals surface area contributed by atoms with Gasteiger partial charge in [-0.2, -0.15) is 8.78 Å². The second-order valence-corrected chi connectivity index (χ2v) is 7.79. The number of anilines is 1. The first-order valence-corrected chi connectivity index (χ1v) is 9.51. The Kier molecular flexibility index (Phi) is 6.38. The van der Waals surface area contributed by atoms with Crippen molar-refractivity contribution in [2.75, 3.05) is 4.72 Å². The molecule has 9 heteroatoms. The number of sulfonamides is 1. The van der Waals surface area contributed by atoms with E-state index >= 15 is 0 Å². The van der Waals surface area contributed by atoms with Gasteiger partial charge in [-0.05, 0) is 48.4 Å². The third kappa shape index (κ3) is 6.02. The third-order valence-corrected chi connectivity index (χ3v) is 5.31. The highest BCUT2D eigenvalue weighted by molar-refractivity contribution is 7.99. The Morgan fingerprint density at radius 1 is 1.08 bits per heavy atom. The lowest BCUT2D eigenvalue weighted by atomic mass is 10.1. The van der Waals surface area contributed by atoms with Crippen molar-refractivity contribution in [1.29, 1.82) is 0 Å². The van der Waals surface area contributed by atoms with Gasteiger partial charge in [0.1, 0.15) is 0 Å². The van der Waals surface area contributed by atoms with Crippen LogP contribution < -0.4 is 4.72 Å². The summed E-state index contributed by atoms with van der Waals surface area (Å²) in [7, 11) is -3.82. The van der Waals surface area contributed by atoms with Crippen LogP contribution in [0.2, 0.25) is 0 Å². The SMILES string of the molecule is O=C(O)CCc1ccc(S(=O)(=O)Nc2ccc(SC(F)F)cc2)cc1. The summed E-state index contributed by atoms with van der Waals surface area (Å²) in [5, 5.41) is 8.64. The second-order valence-electron chi connectivity index (χ2n) is 5.05. The summed E-state index contributed by atoms with van der Waals surface area (Å²) < 4.78 is 51.5. The molecule has 0 radical (unpaired) electrons. The fraction of sp³-hybridized carbons (Fsp3) is 0.188. The van der Waals surface area contributed by atoms with E-state index in [1.165, 1.54) is 36.4 Å². The molecule has 2 N–H and O–H groups in total. The summed E-state index contributed by atoms with van der Waals surface area (Å²) in [6.07, 6.45) is 0.277. The zero-order chi connectivity index (χ0) is 18.4. The number of benzene rings is 2. The van der Waals surface area contributed by atoms with Crippen LogP contribution in [0.25, 0.3) is 0 Å². The predicted molar refractivity (Wildman–Crippen MR) is 91.5 cm³/mol. The van der Waals surface area contributed by atoms with Crippen LogP contribution in [0, 0.1) is 0 Å². The maximum Gasteiger partial charge on any atom is 0.303 e. The van der Waals surface area contributed by atoms with E-state index in [0.717, 1.165) is 5.56 Å². The number of aryl methyl sites for hydroxylation is 1. The summed E-state index contributed by atoms with van der Waals surface area (Å²) in [6.45, 7) is 0. The number of carboxylic acid groups (broad SMARTS) is 1. The number of alkyl halides is 2. The van der Waals surface area contributed by atoms with E-state index < -0.39 is 21.8 Å². The standard InChI is InChI=1S/C16H15F2NO4S2/c17-16(18)24-13-6-4-12(5-7-13)19-25(22,23)14-8-1-11(2-9-14)3-10-15(20)21/h1-2,4-9,16,19H,3,10H2,(H,20,21). The highest BCUT2D eigenvalue weighted by Crippen LogP contribution is 2.27. The number of hydrogen-bond acceptors (Lipinski definition) is 4. The van der Waals surface area contributed by atoms with Gasteiger partial charge in [0.25, 0.3) is 15.8 Å². The lowest BCUT2D eigenvalue weighted by Gasteiger charge is -2.09. The van der Waals surface area contributed by atoms with Crippen molar-refractivity contribution in [3.05, 3.63) is 54.1 Å². The van der Waals surface area contributed by atoms with Gasteiger partial charge in [-0.3, -0.25) is 9.52 Å². The molecule has 2 rings (SSSR count). The first-order chi connectivity index (χ1) is 11.8. The summed E-state index contributed by atoms with van der Waals surface area (Å²) in [6, 6.07) is 11.5. The van der Waals surface area contributed by atoms with Crippen LogP contribution >= 0.6 is 11.8 Å². The van der Waals surface area contributed by atoms with Crippen LogP contribution in [0.4, 0.5) is 14.5 Å². The van der Waals surface area contributed by atoms with Gasteiger partial charge < -0.3 is 5.11 Å². The number of nitrogens with one attached hydrogen (secondary N) is 1. The normalized spacial score (nSPS) is 11.5. The Labute approximate surface area is 148 Å². The van der Waals surface area contributed by atoms with Gasteiger partial charge in [0, 0.05) is 17.0 Å². The van der Waals surface area contributed by atoms with Crippen LogP contribution in [0.15, 0.2) is 58.3 Å². The average molecular weight is 387 g/mol. The molecule has 0 aliphatic carbocycles. The summed E-state index contributed by atoms with van der Waals surface area (Å²) >= 11 is 0.377. The van der Waals surface area contributed by atoms with E-state index in [0.29, 0.717) is 23.1 Å². The molecule has 2 aromatic rings.